The second-order valence-corrected chi connectivity index (χ2v) is 2.34. The Bertz CT molecular complexity index is 346. The highest BCUT2D eigenvalue weighted by Crippen LogP contribution is 2.23. The van der Waals surface area contributed by atoms with Gasteiger partial charge in [0.25, 0.3) is 12.0 Å². The van der Waals surface area contributed by atoms with Crippen LogP contribution >= 0.6 is 0 Å². The molecule has 0 amide bonds. The van der Waals surface area contributed by atoms with E-state index in [1.807, 2.05) is 4.98 Å². The van der Waals surface area contributed by atoms with Crippen LogP contribution in [0.25, 0.3) is 0 Å². The van der Waals surface area contributed by atoms with E-state index in [0.29, 0.717) is 0 Å². The molecule has 0 saturated carbocycles. The minimum Gasteiger partial charge on any atom is -0.506 e. The first-order valence-electron chi connectivity index (χ1n) is 3.23. The largest absolute Gasteiger partial charge is 0.506 e. The predicted octanol–water partition coefficient (Wildman–Crippen LogP) is 1.33. The summed E-state index contributed by atoms with van der Waals surface area (Å²) in [6, 6.07) is 0. The summed E-state index contributed by atoms with van der Waals surface area (Å²) in [4.78, 5) is 12.8. The summed E-state index contributed by atoms with van der Waals surface area (Å²) in [5, 5.41) is 8.97. The summed E-state index contributed by atoms with van der Waals surface area (Å²) in [5.41, 5.74) is -1.61. The number of pyridine rings is 1. The van der Waals surface area contributed by atoms with E-state index in [1.54, 1.807) is 0 Å². The summed E-state index contributed by atoms with van der Waals surface area (Å²) < 4.78 is 24.3. The maximum Gasteiger partial charge on any atom is 0.269 e. The minimum absolute atomic E-state index is 0.0752. The van der Waals surface area contributed by atoms with Crippen LogP contribution in [0.15, 0.2) is 11.0 Å². The van der Waals surface area contributed by atoms with Crippen molar-refractivity contribution < 1.29 is 13.9 Å². The summed E-state index contributed by atoms with van der Waals surface area (Å²) in [5.74, 6) is -0.329. The molecule has 0 atom stereocenters. The molecule has 2 N–H and O–H groups in total. The minimum atomic E-state index is -2.86. The zero-order valence-electron chi connectivity index (χ0n) is 6.27. The van der Waals surface area contributed by atoms with E-state index in [0.717, 1.165) is 6.20 Å². The second-order valence-electron chi connectivity index (χ2n) is 2.34. The molecule has 1 heterocycles. The van der Waals surface area contributed by atoms with Crippen molar-refractivity contribution in [3.63, 3.8) is 0 Å². The van der Waals surface area contributed by atoms with Gasteiger partial charge in [-0.15, -0.1) is 0 Å². The first kappa shape index (κ1) is 8.70. The van der Waals surface area contributed by atoms with Crippen molar-refractivity contribution in [3.05, 3.63) is 27.7 Å². The van der Waals surface area contributed by atoms with Crippen LogP contribution in [0.1, 0.15) is 17.6 Å². The van der Waals surface area contributed by atoms with Gasteiger partial charge >= 0.3 is 0 Å². The van der Waals surface area contributed by atoms with Crippen molar-refractivity contribution >= 4 is 0 Å². The van der Waals surface area contributed by atoms with Gasteiger partial charge in [-0.25, -0.2) is 8.78 Å². The monoisotopic (exact) mass is 175 g/mol. The molecular weight excluding hydrogens is 168 g/mol. The zero-order chi connectivity index (χ0) is 9.30. The van der Waals surface area contributed by atoms with Crippen LogP contribution in [0.5, 0.6) is 5.75 Å². The van der Waals surface area contributed by atoms with Gasteiger partial charge in [-0.05, 0) is 6.92 Å². The molecule has 1 aromatic rings. The maximum absolute atomic E-state index is 12.1. The molecule has 0 aliphatic carbocycles. The molecule has 3 nitrogen and oxygen atoms in total. The second kappa shape index (κ2) is 2.92. The molecular formula is C7H7F2NO2. The van der Waals surface area contributed by atoms with Crippen LogP contribution in [0.2, 0.25) is 0 Å². The van der Waals surface area contributed by atoms with E-state index >= 15 is 0 Å². The Kier molecular flexibility index (Phi) is 2.12. The van der Waals surface area contributed by atoms with Crippen molar-refractivity contribution in [2.45, 2.75) is 13.3 Å². The maximum atomic E-state index is 12.1. The molecule has 12 heavy (non-hydrogen) atoms. The molecule has 0 aliphatic heterocycles. The SMILES string of the molecule is Cc1c(O)c[nH]c(=O)c1C(F)F. The average Bonchev–Trinajstić information content (AvgIpc) is 1.97. The van der Waals surface area contributed by atoms with Crippen molar-refractivity contribution in [3.8, 4) is 5.75 Å². The molecule has 0 unspecified atom stereocenters. The first-order chi connectivity index (χ1) is 5.54. The summed E-state index contributed by atoms with van der Waals surface area (Å²) in [6.07, 6.45) is -1.87. The Hall–Kier alpha value is -1.39. The molecule has 1 aromatic heterocycles. The Balaban J connectivity index is 3.43. The van der Waals surface area contributed by atoms with E-state index < -0.39 is 17.5 Å². The van der Waals surface area contributed by atoms with Crippen molar-refractivity contribution in [2.75, 3.05) is 0 Å². The lowest BCUT2D eigenvalue weighted by molar-refractivity contribution is 0.148. The molecule has 0 radical (unpaired) electrons. The summed E-state index contributed by atoms with van der Waals surface area (Å²) in [6.45, 7) is 1.27. The Morgan fingerprint density at radius 1 is 1.58 bits per heavy atom. The van der Waals surface area contributed by atoms with Gasteiger partial charge in [0.2, 0.25) is 0 Å². The number of halogens is 2. The standard InChI is InChI=1S/C7H7F2NO2/c1-3-4(11)2-10-7(12)5(3)6(8)9/h2,6,11H,1H3,(H,10,12). The predicted molar refractivity (Wildman–Crippen MR) is 38.4 cm³/mol. The van der Waals surface area contributed by atoms with Crippen LogP contribution in [-0.2, 0) is 0 Å². The Morgan fingerprint density at radius 2 is 2.17 bits per heavy atom. The van der Waals surface area contributed by atoms with Crippen LogP contribution in [-0.4, -0.2) is 10.1 Å². The fraction of sp³-hybridized carbons (Fsp3) is 0.286. The van der Waals surface area contributed by atoms with Crippen LogP contribution in [0, 0.1) is 6.92 Å². The fourth-order valence-corrected chi connectivity index (χ4v) is 0.891. The number of alkyl halides is 2. The van der Waals surface area contributed by atoms with Crippen molar-refractivity contribution in [1.82, 2.24) is 4.98 Å². The lowest BCUT2D eigenvalue weighted by Crippen LogP contribution is -2.14. The molecule has 0 aromatic carbocycles. The highest BCUT2D eigenvalue weighted by Gasteiger charge is 2.17. The molecule has 0 saturated heterocycles. The number of hydrogen-bond acceptors (Lipinski definition) is 2. The third-order valence-electron chi connectivity index (χ3n) is 1.59. The lowest BCUT2D eigenvalue weighted by atomic mass is 10.1. The van der Waals surface area contributed by atoms with Crippen LogP contribution in [0.3, 0.4) is 0 Å². The van der Waals surface area contributed by atoms with Crippen molar-refractivity contribution in [2.24, 2.45) is 0 Å². The summed E-state index contributed by atoms with van der Waals surface area (Å²) in [7, 11) is 0. The number of nitrogens with one attached hydrogen (secondary N) is 1. The van der Waals surface area contributed by atoms with Gasteiger partial charge in [0.15, 0.2) is 0 Å². The van der Waals surface area contributed by atoms with E-state index in [4.69, 9.17) is 5.11 Å². The van der Waals surface area contributed by atoms with Crippen molar-refractivity contribution in [1.29, 1.82) is 0 Å². The molecule has 66 valence electrons. The molecule has 0 bridgehead atoms. The molecule has 0 spiro atoms. The van der Waals surface area contributed by atoms with E-state index in [9.17, 15) is 13.6 Å². The topological polar surface area (TPSA) is 53.1 Å². The normalized spacial score (nSPS) is 10.7. The van der Waals surface area contributed by atoms with Gasteiger partial charge in [-0.1, -0.05) is 0 Å². The van der Waals surface area contributed by atoms with Crippen LogP contribution < -0.4 is 5.56 Å². The fourth-order valence-electron chi connectivity index (χ4n) is 0.891. The number of aromatic amines is 1. The van der Waals surface area contributed by atoms with E-state index in [1.165, 1.54) is 6.92 Å². The van der Waals surface area contributed by atoms with Gasteiger partial charge < -0.3 is 10.1 Å². The van der Waals surface area contributed by atoms with E-state index in [-0.39, 0.29) is 11.3 Å². The third kappa shape index (κ3) is 1.30. The van der Waals surface area contributed by atoms with Gasteiger partial charge in [0.05, 0.1) is 5.56 Å². The number of aromatic hydroxyl groups is 1. The van der Waals surface area contributed by atoms with Gasteiger partial charge in [0.1, 0.15) is 5.75 Å². The molecule has 1 rings (SSSR count). The van der Waals surface area contributed by atoms with Gasteiger partial charge in [-0.2, -0.15) is 0 Å². The molecule has 5 heteroatoms. The Labute approximate surface area is 66.7 Å². The number of hydrogen-bond donors (Lipinski definition) is 2. The first-order valence-corrected chi connectivity index (χ1v) is 3.23. The number of aromatic nitrogens is 1. The Morgan fingerprint density at radius 3 is 2.58 bits per heavy atom. The summed E-state index contributed by atoms with van der Waals surface area (Å²) >= 11 is 0. The zero-order valence-corrected chi connectivity index (χ0v) is 6.27. The number of H-pyrrole nitrogens is 1. The lowest BCUT2D eigenvalue weighted by Gasteiger charge is -2.03. The number of rotatable bonds is 1. The quantitative estimate of drug-likeness (QED) is 0.676. The smallest absolute Gasteiger partial charge is 0.269 e. The van der Waals surface area contributed by atoms with Crippen LogP contribution in [0.4, 0.5) is 8.78 Å². The van der Waals surface area contributed by atoms with Gasteiger partial charge in [-0.3, -0.25) is 4.79 Å². The average molecular weight is 175 g/mol. The third-order valence-corrected chi connectivity index (χ3v) is 1.59. The van der Waals surface area contributed by atoms with E-state index in [2.05, 4.69) is 0 Å². The molecule has 0 aliphatic rings. The highest BCUT2D eigenvalue weighted by atomic mass is 19.3. The molecule has 0 fully saturated rings. The highest BCUT2D eigenvalue weighted by molar-refractivity contribution is 5.35. The van der Waals surface area contributed by atoms with Gasteiger partial charge in [0, 0.05) is 11.8 Å².